The molecule has 1 aliphatic rings. The standard InChI is InChI=1S/C17H25N3O2/c1-5-12(4)18-17(22)16(11(2)3)20-10-15(21)19-13-8-6-7-9-14(13)20/h6-9,11-12,16H,5,10H2,1-4H3,(H,18,22)(H,19,21). The molecule has 2 N–H and O–H groups in total. The molecule has 0 aromatic heterocycles. The molecule has 0 bridgehead atoms. The molecule has 0 spiro atoms. The summed E-state index contributed by atoms with van der Waals surface area (Å²) in [6, 6.07) is 7.38. The predicted octanol–water partition coefficient (Wildman–Crippen LogP) is 2.38. The van der Waals surface area contributed by atoms with Gasteiger partial charge in [-0.05, 0) is 31.4 Å². The van der Waals surface area contributed by atoms with Gasteiger partial charge >= 0.3 is 0 Å². The SMILES string of the molecule is CCC(C)NC(=O)C(C(C)C)N1CC(=O)Nc2ccccc21. The van der Waals surface area contributed by atoms with Gasteiger partial charge in [0.15, 0.2) is 0 Å². The van der Waals surface area contributed by atoms with E-state index in [0.717, 1.165) is 17.8 Å². The van der Waals surface area contributed by atoms with E-state index < -0.39 is 0 Å². The van der Waals surface area contributed by atoms with Crippen LogP contribution in [0.5, 0.6) is 0 Å². The van der Waals surface area contributed by atoms with Crippen LogP contribution < -0.4 is 15.5 Å². The largest absolute Gasteiger partial charge is 0.352 e. The first-order valence-electron chi connectivity index (χ1n) is 7.90. The van der Waals surface area contributed by atoms with E-state index in [0.29, 0.717) is 0 Å². The van der Waals surface area contributed by atoms with Crippen molar-refractivity contribution >= 4 is 23.2 Å². The third-order valence-electron chi connectivity index (χ3n) is 4.04. The molecule has 2 atom stereocenters. The molecular formula is C17H25N3O2. The van der Waals surface area contributed by atoms with Gasteiger partial charge in [-0.3, -0.25) is 9.59 Å². The molecule has 1 aliphatic heterocycles. The van der Waals surface area contributed by atoms with Gasteiger partial charge in [0.1, 0.15) is 6.04 Å². The summed E-state index contributed by atoms with van der Waals surface area (Å²) < 4.78 is 0. The third kappa shape index (κ3) is 3.40. The number of hydrogen-bond donors (Lipinski definition) is 2. The average molecular weight is 303 g/mol. The predicted molar refractivity (Wildman–Crippen MR) is 88.9 cm³/mol. The Kier molecular flexibility index (Phi) is 5.06. The van der Waals surface area contributed by atoms with E-state index >= 15 is 0 Å². The number of rotatable bonds is 5. The first kappa shape index (κ1) is 16.3. The molecule has 2 rings (SSSR count). The van der Waals surface area contributed by atoms with E-state index in [1.807, 2.05) is 56.9 Å². The second-order valence-corrected chi connectivity index (χ2v) is 6.20. The molecule has 1 heterocycles. The Balaban J connectivity index is 2.33. The van der Waals surface area contributed by atoms with Crippen molar-refractivity contribution in [1.82, 2.24) is 5.32 Å². The molecule has 1 aromatic carbocycles. The van der Waals surface area contributed by atoms with Crippen molar-refractivity contribution in [1.29, 1.82) is 0 Å². The molecule has 5 heteroatoms. The monoisotopic (exact) mass is 303 g/mol. The highest BCUT2D eigenvalue weighted by Crippen LogP contribution is 2.32. The van der Waals surface area contributed by atoms with Crippen LogP contribution in [0.15, 0.2) is 24.3 Å². The number of nitrogens with zero attached hydrogens (tertiary/aromatic N) is 1. The maximum Gasteiger partial charge on any atom is 0.243 e. The van der Waals surface area contributed by atoms with Gasteiger partial charge in [0.05, 0.1) is 17.9 Å². The highest BCUT2D eigenvalue weighted by atomic mass is 16.2. The number of hydrogen-bond acceptors (Lipinski definition) is 3. The van der Waals surface area contributed by atoms with Gasteiger partial charge in [0.25, 0.3) is 0 Å². The Morgan fingerprint density at radius 2 is 2.00 bits per heavy atom. The molecule has 1 aromatic rings. The number of para-hydroxylation sites is 2. The second kappa shape index (κ2) is 6.81. The highest BCUT2D eigenvalue weighted by Gasteiger charge is 2.34. The van der Waals surface area contributed by atoms with Crippen LogP contribution in [0.25, 0.3) is 0 Å². The van der Waals surface area contributed by atoms with Crippen molar-refractivity contribution in [2.24, 2.45) is 5.92 Å². The van der Waals surface area contributed by atoms with Crippen LogP contribution in [0, 0.1) is 5.92 Å². The van der Waals surface area contributed by atoms with Gasteiger partial charge < -0.3 is 15.5 Å². The molecule has 0 radical (unpaired) electrons. The number of carbonyl (C=O) groups is 2. The number of amides is 2. The normalized spacial score (nSPS) is 16.8. The lowest BCUT2D eigenvalue weighted by molar-refractivity contribution is -0.124. The zero-order valence-corrected chi connectivity index (χ0v) is 13.7. The van der Waals surface area contributed by atoms with Crippen molar-refractivity contribution in [2.75, 3.05) is 16.8 Å². The van der Waals surface area contributed by atoms with Crippen LogP contribution >= 0.6 is 0 Å². The molecule has 5 nitrogen and oxygen atoms in total. The van der Waals surface area contributed by atoms with Crippen LogP contribution in [0.3, 0.4) is 0 Å². The summed E-state index contributed by atoms with van der Waals surface area (Å²) in [5, 5.41) is 5.90. The van der Waals surface area contributed by atoms with Gasteiger partial charge in [-0.2, -0.15) is 0 Å². The number of carbonyl (C=O) groups excluding carboxylic acids is 2. The van der Waals surface area contributed by atoms with Gasteiger partial charge in [-0.25, -0.2) is 0 Å². The maximum atomic E-state index is 12.7. The van der Waals surface area contributed by atoms with Gasteiger partial charge in [0, 0.05) is 6.04 Å². The first-order valence-corrected chi connectivity index (χ1v) is 7.90. The zero-order chi connectivity index (χ0) is 16.3. The van der Waals surface area contributed by atoms with Gasteiger partial charge in [0.2, 0.25) is 11.8 Å². The lowest BCUT2D eigenvalue weighted by Gasteiger charge is -2.38. The topological polar surface area (TPSA) is 61.4 Å². The molecule has 0 aliphatic carbocycles. The maximum absolute atomic E-state index is 12.7. The van der Waals surface area contributed by atoms with Gasteiger partial charge in [-0.1, -0.05) is 32.9 Å². The van der Waals surface area contributed by atoms with E-state index in [4.69, 9.17) is 0 Å². The molecule has 0 saturated heterocycles. The first-order chi connectivity index (χ1) is 10.4. The fourth-order valence-corrected chi connectivity index (χ4v) is 2.74. The number of anilines is 2. The Morgan fingerprint density at radius 3 is 2.64 bits per heavy atom. The smallest absolute Gasteiger partial charge is 0.243 e. The minimum Gasteiger partial charge on any atom is -0.352 e. The number of fused-ring (bicyclic) bond motifs is 1. The highest BCUT2D eigenvalue weighted by molar-refractivity contribution is 6.03. The molecule has 2 amide bonds. The van der Waals surface area contributed by atoms with Crippen molar-refractivity contribution in [3.63, 3.8) is 0 Å². The zero-order valence-electron chi connectivity index (χ0n) is 13.7. The summed E-state index contributed by atoms with van der Waals surface area (Å²) >= 11 is 0. The van der Waals surface area contributed by atoms with Crippen molar-refractivity contribution in [3.8, 4) is 0 Å². The fraction of sp³-hybridized carbons (Fsp3) is 0.529. The van der Waals surface area contributed by atoms with Crippen LogP contribution in [0.2, 0.25) is 0 Å². The average Bonchev–Trinajstić information content (AvgIpc) is 2.46. The fourth-order valence-electron chi connectivity index (χ4n) is 2.74. The van der Waals surface area contributed by atoms with Crippen molar-refractivity contribution < 1.29 is 9.59 Å². The lowest BCUT2D eigenvalue weighted by Crippen LogP contribution is -2.55. The Morgan fingerprint density at radius 1 is 1.32 bits per heavy atom. The number of nitrogens with one attached hydrogen (secondary N) is 2. The van der Waals surface area contributed by atoms with E-state index in [9.17, 15) is 9.59 Å². The van der Waals surface area contributed by atoms with E-state index in [1.54, 1.807) is 0 Å². The van der Waals surface area contributed by atoms with Crippen LogP contribution in [0.4, 0.5) is 11.4 Å². The summed E-state index contributed by atoms with van der Waals surface area (Å²) in [4.78, 5) is 26.6. The summed E-state index contributed by atoms with van der Waals surface area (Å²) in [7, 11) is 0. The van der Waals surface area contributed by atoms with Crippen LogP contribution in [-0.2, 0) is 9.59 Å². The van der Waals surface area contributed by atoms with Crippen molar-refractivity contribution in [3.05, 3.63) is 24.3 Å². The molecular weight excluding hydrogens is 278 g/mol. The number of benzene rings is 1. The van der Waals surface area contributed by atoms with Crippen molar-refractivity contribution in [2.45, 2.75) is 46.2 Å². The Hall–Kier alpha value is -2.04. The molecule has 120 valence electrons. The Bertz CT molecular complexity index is 557. The molecule has 0 saturated carbocycles. The Labute approximate surface area is 132 Å². The quantitative estimate of drug-likeness (QED) is 0.878. The van der Waals surface area contributed by atoms with Crippen LogP contribution in [0.1, 0.15) is 34.1 Å². The third-order valence-corrected chi connectivity index (χ3v) is 4.04. The van der Waals surface area contributed by atoms with Crippen LogP contribution in [-0.4, -0.2) is 30.4 Å². The van der Waals surface area contributed by atoms with E-state index in [1.165, 1.54) is 0 Å². The summed E-state index contributed by atoms with van der Waals surface area (Å²) in [5.74, 6) is -0.00226. The minimum atomic E-state index is -0.360. The summed E-state index contributed by atoms with van der Waals surface area (Å²) in [5.41, 5.74) is 1.67. The van der Waals surface area contributed by atoms with Gasteiger partial charge in [-0.15, -0.1) is 0 Å². The van der Waals surface area contributed by atoms with E-state index in [-0.39, 0.29) is 36.4 Å². The molecule has 22 heavy (non-hydrogen) atoms. The lowest BCUT2D eigenvalue weighted by atomic mass is 9.98. The summed E-state index contributed by atoms with van der Waals surface area (Å²) in [6.45, 7) is 8.25. The minimum absolute atomic E-state index is 0.0196. The summed E-state index contributed by atoms with van der Waals surface area (Å²) in [6.07, 6.45) is 0.883. The molecule has 2 unspecified atom stereocenters. The second-order valence-electron chi connectivity index (χ2n) is 6.20. The van der Waals surface area contributed by atoms with E-state index in [2.05, 4.69) is 10.6 Å². The molecule has 0 fully saturated rings.